The summed E-state index contributed by atoms with van der Waals surface area (Å²) in [5.74, 6) is -0.475. The van der Waals surface area contributed by atoms with Gasteiger partial charge in [-0.15, -0.1) is 0 Å². The minimum Gasteiger partial charge on any atom is -0.459 e. The summed E-state index contributed by atoms with van der Waals surface area (Å²) >= 11 is 5.03. The van der Waals surface area contributed by atoms with Gasteiger partial charge in [-0.1, -0.05) is 18.2 Å². The summed E-state index contributed by atoms with van der Waals surface area (Å²) in [6.07, 6.45) is 0.220. The van der Waals surface area contributed by atoms with Gasteiger partial charge in [0.2, 0.25) is 0 Å². The molecule has 0 unspecified atom stereocenters. The maximum absolute atomic E-state index is 12.2. The Morgan fingerprint density at radius 1 is 1.21 bits per heavy atom. The Morgan fingerprint density at radius 2 is 2.00 bits per heavy atom. The molecule has 5 rings (SSSR count). The van der Waals surface area contributed by atoms with Gasteiger partial charge in [0.15, 0.2) is 29.6 Å². The normalized spacial score (nSPS) is 25.4. The van der Waals surface area contributed by atoms with E-state index in [2.05, 4.69) is 15.0 Å². The molecule has 2 aliphatic rings. The number of carbonyl (C=O) groups is 1. The van der Waals surface area contributed by atoms with E-state index in [1.54, 1.807) is 28.8 Å². The number of benzene rings is 1. The van der Waals surface area contributed by atoms with Gasteiger partial charge in [-0.05, 0) is 12.1 Å². The second kappa shape index (κ2) is 6.94. The van der Waals surface area contributed by atoms with Crippen molar-refractivity contribution in [1.29, 1.82) is 0 Å². The first-order valence-corrected chi connectivity index (χ1v) is 9.18. The van der Waals surface area contributed by atoms with Crippen LogP contribution in [-0.4, -0.2) is 55.6 Å². The monoisotopic (exact) mass is 414 g/mol. The van der Waals surface area contributed by atoms with Crippen molar-refractivity contribution in [2.45, 2.75) is 24.5 Å². The van der Waals surface area contributed by atoms with Crippen LogP contribution in [0.25, 0.3) is 11.2 Å². The van der Waals surface area contributed by atoms with Crippen molar-refractivity contribution >= 4 is 34.6 Å². The molecule has 3 aromatic rings. The van der Waals surface area contributed by atoms with Crippen molar-refractivity contribution in [2.75, 3.05) is 6.61 Å². The maximum atomic E-state index is 12.2. The Morgan fingerprint density at radius 3 is 2.83 bits per heavy atom. The molecule has 4 atom stereocenters. The maximum Gasteiger partial charge on any atom is 0.353 e. The summed E-state index contributed by atoms with van der Waals surface area (Å²) in [6.45, 7) is -0.0575. The van der Waals surface area contributed by atoms with Crippen LogP contribution in [0.3, 0.4) is 0 Å². The number of ether oxygens (including phenoxy) is 4. The molecule has 11 heteroatoms. The van der Waals surface area contributed by atoms with E-state index in [0.29, 0.717) is 11.2 Å². The number of hydrogen-bond donors (Lipinski definition) is 1. The van der Waals surface area contributed by atoms with Gasteiger partial charge in [-0.25, -0.2) is 14.8 Å². The van der Waals surface area contributed by atoms with E-state index < -0.39 is 30.5 Å². The zero-order valence-electron chi connectivity index (χ0n) is 14.8. The van der Waals surface area contributed by atoms with Crippen LogP contribution < -0.4 is 5.56 Å². The van der Waals surface area contributed by atoms with Gasteiger partial charge in [0.1, 0.15) is 12.7 Å². The van der Waals surface area contributed by atoms with E-state index in [0.717, 1.165) is 0 Å². The minimum absolute atomic E-state index is 0.0112. The molecule has 0 amide bonds. The average Bonchev–Trinajstić information content (AvgIpc) is 3.41. The van der Waals surface area contributed by atoms with E-state index in [1.165, 1.54) is 12.7 Å². The third-order valence-corrected chi connectivity index (χ3v) is 4.97. The second-order valence-corrected chi connectivity index (χ2v) is 6.83. The fourth-order valence-corrected chi connectivity index (χ4v) is 3.67. The molecule has 148 valence electrons. The molecule has 0 bridgehead atoms. The van der Waals surface area contributed by atoms with Crippen LogP contribution in [0.5, 0.6) is 0 Å². The zero-order valence-corrected chi connectivity index (χ0v) is 15.6. The molecule has 4 heterocycles. The van der Waals surface area contributed by atoms with Crippen molar-refractivity contribution in [3.05, 3.63) is 58.9 Å². The summed E-state index contributed by atoms with van der Waals surface area (Å²) in [6, 6.07) is 8.63. The lowest BCUT2D eigenvalue weighted by molar-refractivity contribution is -0.0648. The molecule has 29 heavy (non-hydrogen) atoms. The number of nitrogens with zero attached hydrogens (tertiary/aromatic N) is 3. The number of hydrogen-bond acceptors (Lipinski definition) is 9. The number of rotatable bonds is 4. The zero-order chi connectivity index (χ0) is 20.0. The highest BCUT2D eigenvalue weighted by Gasteiger charge is 2.54. The highest BCUT2D eigenvalue weighted by atomic mass is 32.1. The number of thiocarbonyl (C=S) groups is 1. The van der Waals surface area contributed by atoms with Crippen molar-refractivity contribution < 1.29 is 23.7 Å². The molecular weight excluding hydrogens is 400 g/mol. The fourth-order valence-electron chi connectivity index (χ4n) is 3.45. The molecule has 0 spiro atoms. The molecule has 0 radical (unpaired) electrons. The first-order chi connectivity index (χ1) is 14.1. The van der Waals surface area contributed by atoms with E-state index >= 15 is 0 Å². The molecular formula is C18H14N4O6S. The summed E-state index contributed by atoms with van der Waals surface area (Å²) < 4.78 is 24.2. The standard InChI is InChI=1S/C18H14N4O6S/c23-15-11-14(19-7-20-15)22(8-21-11)16-13-12(27-18(29)28-13)10(26-16)6-25-17(24)9-4-2-1-3-5-9/h1-5,7-8,10,12-13,16H,6H2,(H,19,20,23)/t10-,12-,13-,16-/m1/s1. The van der Waals surface area contributed by atoms with E-state index in [-0.39, 0.29) is 22.9 Å². The Kier molecular flexibility index (Phi) is 4.25. The molecule has 1 N–H and O–H groups in total. The lowest BCUT2D eigenvalue weighted by atomic mass is 10.1. The third kappa shape index (κ3) is 3.04. The molecule has 2 aliphatic heterocycles. The van der Waals surface area contributed by atoms with Crippen LogP contribution in [-0.2, 0) is 18.9 Å². The van der Waals surface area contributed by atoms with Crippen LogP contribution >= 0.6 is 12.2 Å². The van der Waals surface area contributed by atoms with Crippen molar-refractivity contribution in [3.8, 4) is 0 Å². The number of aromatic amines is 1. The predicted octanol–water partition coefficient (Wildman–Crippen LogP) is 0.943. The third-order valence-electron chi connectivity index (χ3n) is 4.78. The van der Waals surface area contributed by atoms with Gasteiger partial charge >= 0.3 is 11.2 Å². The van der Waals surface area contributed by atoms with Crippen LogP contribution in [0, 0.1) is 0 Å². The number of fused-ring (bicyclic) bond motifs is 2. The molecule has 2 saturated heterocycles. The van der Waals surface area contributed by atoms with Gasteiger partial charge < -0.3 is 23.9 Å². The largest absolute Gasteiger partial charge is 0.459 e. The lowest BCUT2D eigenvalue weighted by Gasteiger charge is -2.18. The molecule has 1 aromatic carbocycles. The number of carbonyl (C=O) groups excluding carboxylic acids is 1. The summed E-state index contributed by atoms with van der Waals surface area (Å²) in [5, 5.41) is -0.0112. The van der Waals surface area contributed by atoms with Crippen LogP contribution in [0.2, 0.25) is 0 Å². The summed E-state index contributed by atoms with van der Waals surface area (Å²) in [5.41, 5.74) is 0.575. The van der Waals surface area contributed by atoms with E-state index in [1.807, 2.05) is 6.07 Å². The SMILES string of the molecule is O=C(OC[C@H]1O[C@@H](n2cnc3c(=O)[nH]cnc32)[C@@H]2OC(=S)O[C@@H]21)c1ccccc1. The van der Waals surface area contributed by atoms with Crippen molar-refractivity contribution in [3.63, 3.8) is 0 Å². The Bertz CT molecular complexity index is 1150. The average molecular weight is 414 g/mol. The lowest BCUT2D eigenvalue weighted by Crippen LogP contribution is -2.32. The highest BCUT2D eigenvalue weighted by molar-refractivity contribution is 7.79. The predicted molar refractivity (Wildman–Crippen MR) is 101 cm³/mol. The first kappa shape index (κ1) is 17.8. The van der Waals surface area contributed by atoms with Gasteiger partial charge in [0.05, 0.1) is 18.2 Å². The quantitative estimate of drug-likeness (QED) is 0.492. The second-order valence-electron chi connectivity index (χ2n) is 6.50. The Labute approximate surface area is 168 Å². The summed E-state index contributed by atoms with van der Waals surface area (Å²) in [4.78, 5) is 34.9. The molecule has 2 aromatic heterocycles. The molecule has 2 fully saturated rings. The number of H-pyrrole nitrogens is 1. The van der Waals surface area contributed by atoms with E-state index in [4.69, 9.17) is 31.2 Å². The van der Waals surface area contributed by atoms with Gasteiger partial charge in [0, 0.05) is 12.2 Å². The van der Waals surface area contributed by atoms with Crippen LogP contribution in [0.1, 0.15) is 16.6 Å². The van der Waals surface area contributed by atoms with Gasteiger partial charge in [-0.2, -0.15) is 0 Å². The topological polar surface area (TPSA) is 118 Å². The molecule has 10 nitrogen and oxygen atoms in total. The van der Waals surface area contributed by atoms with Gasteiger partial charge in [-0.3, -0.25) is 9.36 Å². The van der Waals surface area contributed by atoms with Crippen LogP contribution in [0.15, 0.2) is 47.8 Å². The molecule has 0 saturated carbocycles. The Hall–Kier alpha value is -3.31. The summed E-state index contributed by atoms with van der Waals surface area (Å²) in [7, 11) is 0. The first-order valence-electron chi connectivity index (χ1n) is 8.77. The smallest absolute Gasteiger partial charge is 0.353 e. The van der Waals surface area contributed by atoms with Crippen LogP contribution in [0.4, 0.5) is 0 Å². The number of esters is 1. The number of imidazole rings is 1. The van der Waals surface area contributed by atoms with Crippen molar-refractivity contribution in [2.24, 2.45) is 0 Å². The minimum atomic E-state index is -0.708. The van der Waals surface area contributed by atoms with Crippen molar-refractivity contribution in [1.82, 2.24) is 19.5 Å². The number of aromatic nitrogens is 4. The Balaban J connectivity index is 1.39. The highest BCUT2D eigenvalue weighted by Crippen LogP contribution is 2.39. The van der Waals surface area contributed by atoms with E-state index in [9.17, 15) is 9.59 Å². The van der Waals surface area contributed by atoms with Gasteiger partial charge in [0.25, 0.3) is 5.56 Å². The number of nitrogens with one attached hydrogen (secondary N) is 1. The fraction of sp³-hybridized carbons (Fsp3) is 0.278. The molecule has 0 aliphatic carbocycles.